The van der Waals surface area contributed by atoms with E-state index in [1.807, 2.05) is 37.3 Å². The maximum absolute atomic E-state index is 10.1. The molecule has 98 valence electrons. The van der Waals surface area contributed by atoms with E-state index in [0.717, 1.165) is 11.8 Å². The molecular formula is C16H17NO2. The number of nitriles is 1. The van der Waals surface area contributed by atoms with Crippen molar-refractivity contribution >= 4 is 6.29 Å². The molecule has 1 aromatic rings. The van der Waals surface area contributed by atoms with E-state index in [-0.39, 0.29) is 0 Å². The molecule has 0 saturated heterocycles. The van der Waals surface area contributed by atoms with Gasteiger partial charge in [0.05, 0.1) is 13.2 Å². The molecule has 1 rings (SSSR count). The second-order valence-corrected chi connectivity index (χ2v) is 3.67. The lowest BCUT2D eigenvalue weighted by Gasteiger charge is -1.93. The number of carbonyl (C=O) groups is 1. The molecule has 0 bridgehead atoms. The normalized spacial score (nSPS) is 8.89. The second kappa shape index (κ2) is 9.43. The van der Waals surface area contributed by atoms with Crippen LogP contribution in [0.1, 0.15) is 15.9 Å². The molecule has 3 heteroatoms. The second-order valence-electron chi connectivity index (χ2n) is 3.67. The van der Waals surface area contributed by atoms with Crippen molar-refractivity contribution in [1.82, 2.24) is 0 Å². The summed E-state index contributed by atoms with van der Waals surface area (Å²) < 4.78 is 4.71. The zero-order chi connectivity index (χ0) is 14.7. The Kier molecular flexibility index (Phi) is 8.14. The van der Waals surface area contributed by atoms with Crippen LogP contribution in [0.4, 0.5) is 0 Å². The number of aryl methyl sites for hydroxylation is 1. The van der Waals surface area contributed by atoms with Crippen molar-refractivity contribution in [2.24, 2.45) is 0 Å². The number of allylic oxidation sites excluding steroid dienone is 3. The molecule has 0 amide bonds. The van der Waals surface area contributed by atoms with Crippen molar-refractivity contribution in [3.05, 3.63) is 72.0 Å². The van der Waals surface area contributed by atoms with Gasteiger partial charge in [0.2, 0.25) is 0 Å². The third-order valence-corrected chi connectivity index (χ3v) is 2.09. The number of methoxy groups -OCH3 is 1. The lowest BCUT2D eigenvalue weighted by atomic mass is 10.2. The number of hydrogen-bond acceptors (Lipinski definition) is 3. The van der Waals surface area contributed by atoms with Gasteiger partial charge in [0.25, 0.3) is 0 Å². The molecular weight excluding hydrogens is 238 g/mol. The standard InChI is InChI=1S/C8H9NO.C8H8O/c1-7(6-9)4-5-8(2)10-3;1-7-2-4-8(6-9)5-3-7/h4-5H,1-2H2,3H3;2-6H,1H3/b5-4-;. The smallest absolute Gasteiger partial charge is 0.150 e. The summed E-state index contributed by atoms with van der Waals surface area (Å²) in [6.45, 7) is 8.95. The van der Waals surface area contributed by atoms with Crippen LogP contribution in [0.3, 0.4) is 0 Å². The SMILES string of the molecule is C=C(C#N)/C=C\C(=C)OC.Cc1ccc(C=O)cc1. The van der Waals surface area contributed by atoms with Crippen molar-refractivity contribution in [3.63, 3.8) is 0 Å². The summed E-state index contributed by atoms with van der Waals surface area (Å²) in [5.74, 6) is 0.511. The quantitative estimate of drug-likeness (QED) is 0.357. The first-order chi connectivity index (χ1) is 9.03. The number of benzene rings is 1. The minimum absolute atomic E-state index is 0.387. The topological polar surface area (TPSA) is 50.1 Å². The predicted octanol–water partition coefficient (Wildman–Crippen LogP) is 3.59. The van der Waals surface area contributed by atoms with E-state index in [1.165, 1.54) is 12.7 Å². The molecule has 0 heterocycles. The van der Waals surface area contributed by atoms with Crippen LogP contribution in [0.15, 0.2) is 60.9 Å². The minimum Gasteiger partial charge on any atom is -0.497 e. The molecule has 0 unspecified atom stereocenters. The number of aldehydes is 1. The van der Waals surface area contributed by atoms with Gasteiger partial charge in [0.15, 0.2) is 0 Å². The van der Waals surface area contributed by atoms with Crippen LogP contribution in [0.25, 0.3) is 0 Å². The summed E-state index contributed by atoms with van der Waals surface area (Å²) in [5, 5.41) is 8.25. The van der Waals surface area contributed by atoms with Crippen LogP contribution in [0.2, 0.25) is 0 Å². The first-order valence-electron chi connectivity index (χ1n) is 5.55. The zero-order valence-electron chi connectivity index (χ0n) is 11.2. The largest absolute Gasteiger partial charge is 0.497 e. The molecule has 0 aliphatic heterocycles. The van der Waals surface area contributed by atoms with Crippen molar-refractivity contribution in [3.8, 4) is 6.07 Å². The van der Waals surface area contributed by atoms with Crippen LogP contribution in [0, 0.1) is 18.3 Å². The zero-order valence-corrected chi connectivity index (χ0v) is 11.2. The van der Waals surface area contributed by atoms with Crippen LogP contribution >= 0.6 is 0 Å². The van der Waals surface area contributed by atoms with Crippen molar-refractivity contribution in [2.75, 3.05) is 7.11 Å². The third kappa shape index (κ3) is 8.17. The molecule has 19 heavy (non-hydrogen) atoms. The van der Waals surface area contributed by atoms with Gasteiger partial charge in [0, 0.05) is 11.1 Å². The number of carbonyl (C=O) groups excluding carboxylic acids is 1. The Hall–Kier alpha value is -2.60. The van der Waals surface area contributed by atoms with Gasteiger partial charge in [-0.05, 0) is 19.1 Å². The van der Waals surface area contributed by atoms with E-state index in [4.69, 9.17) is 10.00 Å². The van der Waals surface area contributed by atoms with Crippen LogP contribution in [-0.2, 0) is 4.74 Å². The van der Waals surface area contributed by atoms with E-state index < -0.39 is 0 Å². The van der Waals surface area contributed by atoms with Gasteiger partial charge in [-0.2, -0.15) is 5.26 Å². The molecule has 0 radical (unpaired) electrons. The lowest BCUT2D eigenvalue weighted by molar-refractivity contribution is 0.112. The van der Waals surface area contributed by atoms with Gasteiger partial charge in [-0.25, -0.2) is 0 Å². The summed E-state index contributed by atoms with van der Waals surface area (Å²) in [7, 11) is 1.52. The molecule has 0 aliphatic carbocycles. The molecule has 0 N–H and O–H groups in total. The number of ether oxygens (including phenoxy) is 1. The van der Waals surface area contributed by atoms with Gasteiger partial charge in [-0.3, -0.25) is 4.79 Å². The monoisotopic (exact) mass is 255 g/mol. The molecule has 0 fully saturated rings. The molecule has 0 saturated carbocycles. The maximum atomic E-state index is 10.1. The number of nitrogens with zero attached hydrogens (tertiary/aromatic N) is 1. The lowest BCUT2D eigenvalue weighted by Crippen LogP contribution is -1.77. The Balaban J connectivity index is 0.000000342. The Morgan fingerprint density at radius 1 is 1.26 bits per heavy atom. The fraction of sp³-hybridized carbons (Fsp3) is 0.125. The molecule has 1 aromatic carbocycles. The van der Waals surface area contributed by atoms with E-state index >= 15 is 0 Å². The first kappa shape index (κ1) is 16.4. The summed E-state index contributed by atoms with van der Waals surface area (Å²) >= 11 is 0. The Labute approximate surface area is 114 Å². The molecule has 0 aromatic heterocycles. The number of hydrogen-bond donors (Lipinski definition) is 0. The van der Waals surface area contributed by atoms with Gasteiger partial charge in [-0.1, -0.05) is 43.0 Å². The maximum Gasteiger partial charge on any atom is 0.150 e. The van der Waals surface area contributed by atoms with Gasteiger partial charge in [0.1, 0.15) is 12.0 Å². The molecule has 3 nitrogen and oxygen atoms in total. The summed E-state index contributed by atoms with van der Waals surface area (Å²) in [4.78, 5) is 10.1. The van der Waals surface area contributed by atoms with E-state index in [1.54, 1.807) is 12.2 Å². The fourth-order valence-corrected chi connectivity index (χ4v) is 0.944. The summed E-state index contributed by atoms with van der Waals surface area (Å²) in [6, 6.07) is 9.32. The van der Waals surface area contributed by atoms with E-state index in [0.29, 0.717) is 11.3 Å². The highest BCUT2D eigenvalue weighted by molar-refractivity contribution is 5.74. The first-order valence-corrected chi connectivity index (χ1v) is 5.55. The summed E-state index contributed by atoms with van der Waals surface area (Å²) in [5.41, 5.74) is 2.31. The minimum atomic E-state index is 0.387. The molecule has 0 aliphatic rings. The van der Waals surface area contributed by atoms with E-state index in [2.05, 4.69) is 13.2 Å². The average Bonchev–Trinajstić information content (AvgIpc) is 2.45. The molecule has 0 spiro atoms. The van der Waals surface area contributed by atoms with Gasteiger partial charge < -0.3 is 4.74 Å². The number of rotatable bonds is 4. The van der Waals surface area contributed by atoms with Crippen LogP contribution in [-0.4, -0.2) is 13.4 Å². The fourth-order valence-electron chi connectivity index (χ4n) is 0.944. The van der Waals surface area contributed by atoms with Gasteiger partial charge >= 0.3 is 0 Å². The van der Waals surface area contributed by atoms with Crippen molar-refractivity contribution < 1.29 is 9.53 Å². The Morgan fingerprint density at radius 3 is 2.26 bits per heavy atom. The highest BCUT2D eigenvalue weighted by Gasteiger charge is 1.85. The van der Waals surface area contributed by atoms with Crippen LogP contribution < -0.4 is 0 Å². The highest BCUT2D eigenvalue weighted by Crippen LogP contribution is 1.99. The molecule has 0 atom stereocenters. The van der Waals surface area contributed by atoms with E-state index in [9.17, 15) is 4.79 Å². The van der Waals surface area contributed by atoms with Gasteiger partial charge in [-0.15, -0.1) is 0 Å². The Morgan fingerprint density at radius 2 is 1.84 bits per heavy atom. The predicted molar refractivity (Wildman–Crippen MR) is 76.6 cm³/mol. The third-order valence-electron chi connectivity index (χ3n) is 2.09. The van der Waals surface area contributed by atoms with Crippen molar-refractivity contribution in [2.45, 2.75) is 6.92 Å². The van der Waals surface area contributed by atoms with Crippen molar-refractivity contribution in [1.29, 1.82) is 5.26 Å². The summed E-state index contributed by atoms with van der Waals surface area (Å²) in [6.07, 6.45) is 3.98. The average molecular weight is 255 g/mol. The highest BCUT2D eigenvalue weighted by atomic mass is 16.5. The Bertz CT molecular complexity index is 505. The van der Waals surface area contributed by atoms with Crippen LogP contribution in [0.5, 0.6) is 0 Å².